The molecule has 42 heavy (non-hydrogen) atoms. The van der Waals surface area contributed by atoms with E-state index in [1.54, 1.807) is 41.1 Å². The Morgan fingerprint density at radius 1 is 0.786 bits per heavy atom. The van der Waals surface area contributed by atoms with Gasteiger partial charge in [-0.25, -0.2) is 0 Å². The molecule has 1 nitrogen and oxygen atoms in total. The van der Waals surface area contributed by atoms with Crippen molar-refractivity contribution in [1.82, 2.24) is 4.57 Å². The number of benzene rings is 3. The zero-order valence-corrected chi connectivity index (χ0v) is 30.3. The summed E-state index contributed by atoms with van der Waals surface area (Å²) in [5.74, 6) is 0. The van der Waals surface area contributed by atoms with Gasteiger partial charge in [0.25, 0.3) is 0 Å². The Balaban J connectivity index is 0.000000187. The van der Waals surface area contributed by atoms with E-state index in [-0.39, 0.29) is 24.8 Å². The third kappa shape index (κ3) is 5.80. The maximum atomic E-state index is 2.51. The second-order valence-corrected chi connectivity index (χ2v) is 18.3. The Hall–Kier alpha value is -1.90. The van der Waals surface area contributed by atoms with Crippen molar-refractivity contribution < 1.29 is 49.5 Å². The summed E-state index contributed by atoms with van der Waals surface area (Å²) in [5, 5.41) is 1.72. The van der Waals surface area contributed by atoms with E-state index in [0.717, 1.165) is 5.54 Å². The molecule has 2 aliphatic carbocycles. The number of para-hydroxylation sites is 1. The van der Waals surface area contributed by atoms with Crippen molar-refractivity contribution in [1.29, 1.82) is 0 Å². The van der Waals surface area contributed by atoms with Crippen LogP contribution in [0.5, 0.6) is 0 Å². The molecule has 8 rings (SSSR count). The maximum Gasteiger partial charge on any atom is -1.00 e. The summed E-state index contributed by atoms with van der Waals surface area (Å²) < 4.78 is 2.93. The van der Waals surface area contributed by atoms with Crippen LogP contribution in [0.15, 0.2) is 96.3 Å². The molecule has 0 saturated heterocycles. The van der Waals surface area contributed by atoms with Gasteiger partial charge >= 0.3 is 143 Å². The first kappa shape index (κ1) is 33.0. The van der Waals surface area contributed by atoms with E-state index >= 15 is 0 Å². The first-order valence-corrected chi connectivity index (χ1v) is 19.4. The Bertz CT molecular complexity index is 1620. The monoisotopic (exact) mass is 686 g/mol. The van der Waals surface area contributed by atoms with Gasteiger partial charge in [0.1, 0.15) is 0 Å². The maximum absolute atomic E-state index is 2.51. The molecular weight excluding hydrogens is 649 g/mol. The molecule has 0 N–H and O–H groups in total. The van der Waals surface area contributed by atoms with Gasteiger partial charge in [-0.1, -0.05) is 49.0 Å². The van der Waals surface area contributed by atoms with Crippen molar-refractivity contribution in [2.75, 3.05) is 0 Å². The van der Waals surface area contributed by atoms with Gasteiger partial charge in [0.2, 0.25) is 0 Å². The van der Waals surface area contributed by atoms with Gasteiger partial charge in [-0.2, -0.15) is 0 Å². The van der Waals surface area contributed by atoms with Crippen LogP contribution in [0.2, 0.25) is 13.1 Å². The van der Waals surface area contributed by atoms with Gasteiger partial charge in [-0.3, -0.25) is 0 Å². The van der Waals surface area contributed by atoms with Crippen LogP contribution >= 0.6 is 0 Å². The van der Waals surface area contributed by atoms with Crippen molar-refractivity contribution in [2.24, 2.45) is 0 Å². The molecule has 0 spiro atoms. The third-order valence-corrected chi connectivity index (χ3v) is 15.3. The average Bonchev–Trinajstić information content (AvgIpc) is 3.64. The van der Waals surface area contributed by atoms with Crippen LogP contribution in [0.1, 0.15) is 77.0 Å². The number of aryl methyl sites for hydroxylation is 1. The Kier molecular flexibility index (Phi) is 10.5. The van der Waals surface area contributed by atoms with Crippen molar-refractivity contribution in [3.63, 3.8) is 0 Å². The van der Waals surface area contributed by atoms with Crippen LogP contribution in [-0.4, -0.2) is 12.6 Å². The molecule has 0 amide bonds. The van der Waals surface area contributed by atoms with Crippen molar-refractivity contribution in [3.8, 4) is 16.8 Å². The normalized spacial score (nSPS) is 18.5. The van der Waals surface area contributed by atoms with Gasteiger partial charge in [0, 0.05) is 23.6 Å². The second-order valence-electron chi connectivity index (χ2n) is 12.4. The predicted octanol–water partition coefficient (Wildman–Crippen LogP) is 4.25. The van der Waals surface area contributed by atoms with Crippen LogP contribution in [-0.2, 0) is 31.1 Å². The van der Waals surface area contributed by atoms with E-state index in [9.17, 15) is 0 Å². The minimum Gasteiger partial charge on any atom is -1.00 e. The summed E-state index contributed by atoms with van der Waals surface area (Å²) in [6.07, 6.45) is 12.2. The van der Waals surface area contributed by atoms with E-state index in [0.29, 0.717) is 3.63 Å². The third-order valence-electron chi connectivity index (χ3n) is 9.30. The fourth-order valence-corrected chi connectivity index (χ4v) is 12.5. The Morgan fingerprint density at radius 2 is 1.50 bits per heavy atom. The minimum atomic E-state index is -1.12. The fraction of sp³-hybridized carbons (Fsp3) is 0.297. The molecular formula is C37H40Cl2NSiZr. The van der Waals surface area contributed by atoms with Crippen LogP contribution in [0.4, 0.5) is 0 Å². The Labute approximate surface area is 281 Å². The molecule has 0 fully saturated rings. The summed E-state index contributed by atoms with van der Waals surface area (Å²) in [7, 11) is -1.12. The quantitative estimate of drug-likeness (QED) is 0.211. The molecule has 0 radical (unpaired) electrons. The minimum absolute atomic E-state index is 0. The standard InChI is InChI=1S/C21H23.C16H17NSi.2ClH.Zr/c1-3-4-5-7-17-10-12-18(13-11-17)20-9-6-8-19-14-16(2)15-21(19)20;1-11-15-13-9-17(12-7-5-4-6-8-12)10-14(13)16(11)18(15,2)3;;;/h6,8-15H,3-5,7H2,1-2H3;4-10,15H,1-3H3;2*1H;/q;;;;+2/p-2. The largest absolute Gasteiger partial charge is 1.00 e. The predicted molar refractivity (Wildman–Crippen MR) is 170 cm³/mol. The fourth-order valence-electron chi connectivity index (χ4n) is 7.33. The summed E-state index contributed by atoms with van der Waals surface area (Å²) in [6.45, 7) is 11.9. The van der Waals surface area contributed by atoms with Crippen LogP contribution in [0.25, 0.3) is 28.1 Å². The molecule has 4 aromatic rings. The van der Waals surface area contributed by atoms with Crippen LogP contribution < -0.4 is 24.8 Å². The van der Waals surface area contributed by atoms with E-state index in [1.165, 1.54) is 70.3 Å². The van der Waals surface area contributed by atoms with Crippen molar-refractivity contribution in [3.05, 3.63) is 124 Å². The molecule has 215 valence electrons. The van der Waals surface area contributed by atoms with Crippen LogP contribution in [0, 0.1) is 0 Å². The molecule has 2 bridgehead atoms. The number of nitrogens with zero attached hydrogens (tertiary/aromatic N) is 1. The Morgan fingerprint density at radius 3 is 2.14 bits per heavy atom. The number of rotatable bonds is 6. The van der Waals surface area contributed by atoms with Crippen molar-refractivity contribution in [2.45, 2.75) is 68.7 Å². The SMILES string of the molecule is CC1=C2c3cn(-c4ccccc4)cc3C1[Si]2(C)C.CCCCCc1ccc(-c2cccc3c2C=C(C)[CH]3[Zr+2])cc1.[Cl-].[Cl-]. The van der Waals surface area contributed by atoms with Crippen molar-refractivity contribution >= 4 is 19.3 Å². The van der Waals surface area contributed by atoms with E-state index < -0.39 is 8.07 Å². The summed E-state index contributed by atoms with van der Waals surface area (Å²) in [6, 6.07) is 26.6. The number of aromatic nitrogens is 1. The topological polar surface area (TPSA) is 4.93 Å². The molecule has 3 heterocycles. The summed E-state index contributed by atoms with van der Waals surface area (Å²) >= 11 is 1.59. The van der Waals surface area contributed by atoms with Gasteiger partial charge < -0.3 is 29.4 Å². The average molecular weight is 689 g/mol. The first-order chi connectivity index (χ1) is 19.3. The van der Waals surface area contributed by atoms with Gasteiger partial charge in [-0.05, 0) is 30.2 Å². The zero-order chi connectivity index (χ0) is 28.0. The molecule has 3 aromatic carbocycles. The molecule has 2 unspecified atom stereocenters. The first-order valence-electron chi connectivity index (χ1n) is 14.9. The van der Waals surface area contributed by atoms with E-state index in [4.69, 9.17) is 0 Å². The smallest absolute Gasteiger partial charge is 1.00 e. The van der Waals surface area contributed by atoms with Gasteiger partial charge in [0.15, 0.2) is 0 Å². The molecule has 0 saturated carbocycles. The molecule has 5 heteroatoms. The number of unbranched alkanes of at least 4 members (excludes halogenated alkanes) is 2. The number of hydrogen-bond donors (Lipinski definition) is 0. The number of halogens is 2. The summed E-state index contributed by atoms with van der Waals surface area (Å²) in [4.78, 5) is 0. The second kappa shape index (κ2) is 13.4. The summed E-state index contributed by atoms with van der Waals surface area (Å²) in [5.41, 5.74) is 15.5. The zero-order valence-electron chi connectivity index (χ0n) is 25.3. The molecule has 2 atom stereocenters. The number of allylic oxidation sites excluding steroid dienone is 2. The molecule has 1 aromatic heterocycles. The van der Waals surface area contributed by atoms with Crippen LogP contribution in [0.3, 0.4) is 0 Å². The molecule has 2 aliphatic heterocycles. The van der Waals surface area contributed by atoms with E-state index in [1.807, 2.05) is 0 Å². The van der Waals surface area contributed by atoms with E-state index in [2.05, 4.69) is 130 Å². The number of hydrogen-bond acceptors (Lipinski definition) is 0. The van der Waals surface area contributed by atoms with Gasteiger partial charge in [-0.15, -0.1) is 0 Å². The molecule has 4 aliphatic rings. The number of fused-ring (bicyclic) bond motifs is 1. The van der Waals surface area contributed by atoms with Gasteiger partial charge in [0.05, 0.1) is 8.07 Å².